The van der Waals surface area contributed by atoms with Crippen molar-refractivity contribution in [3.63, 3.8) is 0 Å². The molecule has 30 heavy (non-hydrogen) atoms. The molecule has 1 heterocycles. The van der Waals surface area contributed by atoms with Crippen LogP contribution in [0.3, 0.4) is 0 Å². The van der Waals surface area contributed by atoms with Crippen molar-refractivity contribution in [2.24, 2.45) is 0 Å². The lowest BCUT2D eigenvalue weighted by Crippen LogP contribution is -2.25. The van der Waals surface area contributed by atoms with Gasteiger partial charge in [-0.05, 0) is 24.3 Å². The van der Waals surface area contributed by atoms with Crippen LogP contribution in [-0.4, -0.2) is 23.9 Å². The number of ether oxygens (including phenoxy) is 2. The van der Waals surface area contributed by atoms with E-state index in [4.69, 9.17) is 25.5 Å². The molecule has 3 rings (SSSR count). The van der Waals surface area contributed by atoms with Crippen LogP contribution in [0.15, 0.2) is 65.1 Å². The summed E-state index contributed by atoms with van der Waals surface area (Å²) in [6, 6.07) is 15.0. The van der Waals surface area contributed by atoms with Crippen LogP contribution in [0.5, 0.6) is 5.75 Å². The number of esters is 1. The quantitative estimate of drug-likeness (QED) is 0.335. The highest BCUT2D eigenvalue weighted by Crippen LogP contribution is 2.29. The molecule has 1 atom stereocenters. The second kappa shape index (κ2) is 9.10. The van der Waals surface area contributed by atoms with Crippen molar-refractivity contribution in [2.45, 2.75) is 6.10 Å². The fourth-order valence-electron chi connectivity index (χ4n) is 2.55. The number of methoxy groups -OCH3 is 1. The smallest absolute Gasteiger partial charge is 0.433 e. The predicted octanol–water partition coefficient (Wildman–Crippen LogP) is 4.39. The van der Waals surface area contributed by atoms with E-state index in [9.17, 15) is 19.7 Å². The summed E-state index contributed by atoms with van der Waals surface area (Å²) < 4.78 is 15.2. The van der Waals surface area contributed by atoms with Gasteiger partial charge in [0.25, 0.3) is 5.91 Å². The number of furan rings is 1. The first kappa shape index (κ1) is 20.9. The molecule has 1 N–H and O–H groups in total. The summed E-state index contributed by atoms with van der Waals surface area (Å²) in [4.78, 5) is 35.2. The van der Waals surface area contributed by atoms with Crippen LogP contribution in [0.2, 0.25) is 5.02 Å². The zero-order valence-corrected chi connectivity index (χ0v) is 16.3. The van der Waals surface area contributed by atoms with E-state index in [0.717, 1.165) is 12.1 Å². The van der Waals surface area contributed by atoms with Crippen molar-refractivity contribution in [2.75, 3.05) is 12.4 Å². The highest BCUT2D eigenvalue weighted by molar-refractivity contribution is 6.32. The van der Waals surface area contributed by atoms with E-state index >= 15 is 0 Å². The summed E-state index contributed by atoms with van der Waals surface area (Å²) in [5.74, 6) is -2.27. The second-order valence-corrected chi connectivity index (χ2v) is 6.34. The van der Waals surface area contributed by atoms with Crippen molar-refractivity contribution >= 4 is 35.0 Å². The van der Waals surface area contributed by atoms with Gasteiger partial charge in [0.05, 0.1) is 18.2 Å². The molecule has 0 radical (unpaired) electrons. The van der Waals surface area contributed by atoms with Crippen LogP contribution in [-0.2, 0) is 9.53 Å². The molecule has 3 aromatic rings. The third-order valence-corrected chi connectivity index (χ3v) is 4.25. The number of nitrogens with one attached hydrogen (secondary N) is 1. The molecule has 1 aromatic heterocycles. The minimum Gasteiger partial charge on any atom is -0.495 e. The van der Waals surface area contributed by atoms with Crippen molar-refractivity contribution in [3.8, 4) is 5.75 Å². The number of hydrogen-bond acceptors (Lipinski definition) is 7. The monoisotopic (exact) mass is 430 g/mol. The van der Waals surface area contributed by atoms with Gasteiger partial charge in [0.15, 0.2) is 0 Å². The zero-order valence-electron chi connectivity index (χ0n) is 15.5. The number of benzene rings is 2. The molecule has 0 saturated carbocycles. The van der Waals surface area contributed by atoms with Crippen molar-refractivity contribution < 1.29 is 28.4 Å². The Morgan fingerprint density at radius 2 is 1.87 bits per heavy atom. The maximum atomic E-state index is 12.9. The van der Waals surface area contributed by atoms with Crippen LogP contribution in [0.25, 0.3) is 0 Å². The van der Waals surface area contributed by atoms with Gasteiger partial charge >= 0.3 is 11.9 Å². The summed E-state index contributed by atoms with van der Waals surface area (Å²) >= 11 is 6.07. The molecule has 0 aliphatic carbocycles. The molecule has 9 nitrogen and oxygen atoms in total. The third-order valence-electron chi connectivity index (χ3n) is 3.96. The third kappa shape index (κ3) is 4.76. The molecule has 0 saturated heterocycles. The number of amides is 1. The molecule has 1 amide bonds. The largest absolute Gasteiger partial charge is 0.495 e. The lowest BCUT2D eigenvalue weighted by atomic mass is 10.1. The summed E-state index contributed by atoms with van der Waals surface area (Å²) in [5.41, 5.74) is 0.750. The normalized spacial score (nSPS) is 11.4. The van der Waals surface area contributed by atoms with E-state index in [-0.39, 0.29) is 5.02 Å². The molecule has 0 unspecified atom stereocenters. The minimum absolute atomic E-state index is 0.284. The first-order valence-electron chi connectivity index (χ1n) is 8.53. The Morgan fingerprint density at radius 3 is 2.47 bits per heavy atom. The molecule has 0 aliphatic rings. The topological polar surface area (TPSA) is 121 Å². The van der Waals surface area contributed by atoms with E-state index in [2.05, 4.69) is 5.32 Å². The van der Waals surface area contributed by atoms with E-state index < -0.39 is 34.5 Å². The van der Waals surface area contributed by atoms with Gasteiger partial charge in [-0.1, -0.05) is 41.9 Å². The van der Waals surface area contributed by atoms with Crippen molar-refractivity contribution in [3.05, 3.63) is 87.1 Å². The number of rotatable bonds is 7. The molecule has 0 spiro atoms. The maximum Gasteiger partial charge on any atom is 0.433 e. The first-order chi connectivity index (χ1) is 14.4. The Morgan fingerprint density at radius 1 is 1.13 bits per heavy atom. The predicted molar refractivity (Wildman–Crippen MR) is 107 cm³/mol. The summed E-state index contributed by atoms with van der Waals surface area (Å²) in [6.07, 6.45) is -1.34. The number of halogens is 1. The van der Waals surface area contributed by atoms with Crippen LogP contribution >= 0.6 is 11.6 Å². The standard InChI is InChI=1S/C20H15ClN2O7/c1-28-15-8-7-13(11-14(15)21)22-19(24)18(12-5-3-2-4-6-12)30-20(25)16-9-10-17(29-16)23(26)27/h2-11,18H,1H3,(H,22,24)/t18-/m0/s1. The maximum absolute atomic E-state index is 12.9. The molecule has 10 heteroatoms. The molecular weight excluding hydrogens is 416 g/mol. The Hall–Kier alpha value is -3.85. The van der Waals surface area contributed by atoms with Crippen LogP contribution in [0, 0.1) is 10.1 Å². The number of nitrogens with zero attached hydrogens (tertiary/aromatic N) is 1. The number of nitro groups is 1. The van der Waals surface area contributed by atoms with Crippen LogP contribution < -0.4 is 10.1 Å². The summed E-state index contributed by atoms with van der Waals surface area (Å²) in [6.45, 7) is 0. The van der Waals surface area contributed by atoms with Gasteiger partial charge in [-0.2, -0.15) is 0 Å². The molecule has 154 valence electrons. The fourth-order valence-corrected chi connectivity index (χ4v) is 2.81. The Labute approximate surface area is 175 Å². The van der Waals surface area contributed by atoms with Gasteiger partial charge in [-0.25, -0.2) is 4.79 Å². The van der Waals surface area contributed by atoms with E-state index in [1.54, 1.807) is 42.5 Å². The molecule has 0 bridgehead atoms. The Kier molecular flexibility index (Phi) is 6.33. The van der Waals surface area contributed by atoms with Gasteiger partial charge < -0.3 is 19.2 Å². The summed E-state index contributed by atoms with van der Waals surface area (Å²) in [5, 5.41) is 13.6. The van der Waals surface area contributed by atoms with Gasteiger partial charge in [0.2, 0.25) is 11.9 Å². The highest BCUT2D eigenvalue weighted by atomic mass is 35.5. The Bertz CT molecular complexity index is 1080. The van der Waals surface area contributed by atoms with Crippen LogP contribution in [0.1, 0.15) is 22.2 Å². The van der Waals surface area contributed by atoms with Crippen molar-refractivity contribution in [1.29, 1.82) is 0 Å². The first-order valence-corrected chi connectivity index (χ1v) is 8.91. The van der Waals surface area contributed by atoms with E-state index in [1.807, 2.05) is 0 Å². The van der Waals surface area contributed by atoms with E-state index in [0.29, 0.717) is 17.0 Å². The van der Waals surface area contributed by atoms with Gasteiger partial charge in [0, 0.05) is 11.3 Å². The average Bonchev–Trinajstić information content (AvgIpc) is 3.23. The lowest BCUT2D eigenvalue weighted by Gasteiger charge is -2.18. The number of carbonyl (C=O) groups excluding carboxylic acids is 2. The average molecular weight is 431 g/mol. The number of anilines is 1. The van der Waals surface area contributed by atoms with Crippen LogP contribution in [0.4, 0.5) is 11.6 Å². The zero-order chi connectivity index (χ0) is 21.7. The summed E-state index contributed by atoms with van der Waals surface area (Å²) in [7, 11) is 1.46. The van der Waals surface area contributed by atoms with Gasteiger partial charge in [0.1, 0.15) is 10.7 Å². The molecule has 2 aromatic carbocycles. The number of carbonyl (C=O) groups is 2. The molecule has 0 aliphatic heterocycles. The second-order valence-electron chi connectivity index (χ2n) is 5.93. The lowest BCUT2D eigenvalue weighted by molar-refractivity contribution is -0.402. The SMILES string of the molecule is COc1ccc(NC(=O)[C@@H](OC(=O)c2ccc([N+](=O)[O-])o2)c2ccccc2)cc1Cl. The highest BCUT2D eigenvalue weighted by Gasteiger charge is 2.28. The number of hydrogen-bond donors (Lipinski definition) is 1. The molecular formula is C20H15ClN2O7. The Balaban J connectivity index is 1.83. The minimum atomic E-state index is -1.34. The van der Waals surface area contributed by atoms with Gasteiger partial charge in [-0.3, -0.25) is 14.9 Å². The van der Waals surface area contributed by atoms with Gasteiger partial charge in [-0.15, -0.1) is 0 Å². The van der Waals surface area contributed by atoms with Crippen molar-refractivity contribution in [1.82, 2.24) is 0 Å². The van der Waals surface area contributed by atoms with E-state index in [1.165, 1.54) is 13.2 Å². The molecule has 0 fully saturated rings. The fraction of sp³-hybridized carbons (Fsp3) is 0.100.